The molecular weight excluding hydrogens is 230 g/mol. The predicted octanol–water partition coefficient (Wildman–Crippen LogP) is 2.79. The molecule has 1 heterocycles. The standard InChI is InChI=1S/C14H15NO3/c1-4-18-14(17)13-9(2)15(10(3)16)12-8-6-5-7-11(12)13/h5-8H,4H2,1-3H3. The number of aromatic nitrogens is 1. The first kappa shape index (κ1) is 12.4. The van der Waals surface area contributed by atoms with Crippen LogP contribution >= 0.6 is 0 Å². The number of carbonyl (C=O) groups excluding carboxylic acids is 2. The van der Waals surface area contributed by atoms with Gasteiger partial charge in [0.1, 0.15) is 0 Å². The minimum atomic E-state index is -0.383. The minimum absolute atomic E-state index is 0.112. The van der Waals surface area contributed by atoms with Crippen LogP contribution in [0.3, 0.4) is 0 Å². The molecule has 0 aliphatic rings. The summed E-state index contributed by atoms with van der Waals surface area (Å²) in [7, 11) is 0. The number of ether oxygens (including phenoxy) is 1. The molecule has 0 spiro atoms. The first-order valence-corrected chi connectivity index (χ1v) is 5.86. The summed E-state index contributed by atoms with van der Waals surface area (Å²) in [4.78, 5) is 23.7. The highest BCUT2D eigenvalue weighted by atomic mass is 16.5. The Bertz CT molecular complexity index is 625. The topological polar surface area (TPSA) is 48.3 Å². The van der Waals surface area contributed by atoms with Crippen LogP contribution in [-0.4, -0.2) is 23.1 Å². The number of para-hydroxylation sites is 1. The Morgan fingerprint density at radius 2 is 1.94 bits per heavy atom. The fourth-order valence-electron chi connectivity index (χ4n) is 2.23. The van der Waals surface area contributed by atoms with E-state index in [1.807, 2.05) is 24.3 Å². The van der Waals surface area contributed by atoms with E-state index in [1.54, 1.807) is 18.4 Å². The summed E-state index contributed by atoms with van der Waals surface area (Å²) in [5.41, 5.74) is 1.84. The van der Waals surface area contributed by atoms with Gasteiger partial charge in [0.25, 0.3) is 0 Å². The monoisotopic (exact) mass is 245 g/mol. The summed E-state index contributed by atoms with van der Waals surface area (Å²) in [6, 6.07) is 7.34. The van der Waals surface area contributed by atoms with Crippen LogP contribution < -0.4 is 0 Å². The van der Waals surface area contributed by atoms with Crippen molar-refractivity contribution in [1.82, 2.24) is 4.57 Å². The third-order valence-electron chi connectivity index (χ3n) is 2.91. The number of esters is 1. The SMILES string of the molecule is CCOC(=O)c1c(C)n(C(C)=O)c2ccccc12. The molecule has 1 aromatic carbocycles. The number of hydrogen-bond acceptors (Lipinski definition) is 3. The average Bonchev–Trinajstić information content (AvgIpc) is 2.61. The molecule has 4 nitrogen and oxygen atoms in total. The van der Waals surface area contributed by atoms with E-state index < -0.39 is 0 Å². The predicted molar refractivity (Wildman–Crippen MR) is 68.9 cm³/mol. The highest BCUT2D eigenvalue weighted by Gasteiger charge is 2.21. The normalized spacial score (nSPS) is 10.6. The molecule has 0 fully saturated rings. The Labute approximate surface area is 105 Å². The Kier molecular flexibility index (Phi) is 3.19. The summed E-state index contributed by atoms with van der Waals surface area (Å²) in [6.45, 7) is 5.32. The number of fused-ring (bicyclic) bond motifs is 1. The van der Waals surface area contributed by atoms with Crippen LogP contribution in [0, 0.1) is 6.92 Å². The maximum Gasteiger partial charge on any atom is 0.340 e. The van der Waals surface area contributed by atoms with Crippen molar-refractivity contribution in [3.63, 3.8) is 0 Å². The van der Waals surface area contributed by atoms with Gasteiger partial charge in [0.15, 0.2) is 0 Å². The maximum absolute atomic E-state index is 12.0. The molecule has 1 aromatic heterocycles. The van der Waals surface area contributed by atoms with Crippen LogP contribution in [-0.2, 0) is 4.74 Å². The first-order valence-electron chi connectivity index (χ1n) is 5.86. The molecule has 2 rings (SSSR count). The van der Waals surface area contributed by atoms with Crippen LogP contribution in [0.1, 0.15) is 34.7 Å². The Morgan fingerprint density at radius 1 is 1.28 bits per heavy atom. The molecule has 94 valence electrons. The summed E-state index contributed by atoms with van der Waals surface area (Å²) >= 11 is 0. The zero-order chi connectivity index (χ0) is 13.3. The quantitative estimate of drug-likeness (QED) is 0.764. The van der Waals surface area contributed by atoms with E-state index in [0.717, 1.165) is 10.9 Å². The van der Waals surface area contributed by atoms with Gasteiger partial charge in [-0.25, -0.2) is 4.79 Å². The van der Waals surface area contributed by atoms with Gasteiger partial charge in [0.05, 0.1) is 17.7 Å². The summed E-state index contributed by atoms with van der Waals surface area (Å²) in [5, 5.41) is 0.753. The molecule has 18 heavy (non-hydrogen) atoms. The van der Waals surface area contributed by atoms with Crippen LogP contribution in [0.2, 0.25) is 0 Å². The lowest BCUT2D eigenvalue weighted by molar-refractivity contribution is 0.0528. The number of benzene rings is 1. The van der Waals surface area contributed by atoms with E-state index in [1.165, 1.54) is 6.92 Å². The number of rotatable bonds is 2. The van der Waals surface area contributed by atoms with E-state index in [4.69, 9.17) is 4.74 Å². The average molecular weight is 245 g/mol. The van der Waals surface area contributed by atoms with E-state index in [0.29, 0.717) is 17.9 Å². The van der Waals surface area contributed by atoms with Crippen LogP contribution in [0.5, 0.6) is 0 Å². The zero-order valence-electron chi connectivity index (χ0n) is 10.7. The highest BCUT2D eigenvalue weighted by Crippen LogP contribution is 2.26. The molecule has 0 aliphatic heterocycles. The Hall–Kier alpha value is -2.10. The highest BCUT2D eigenvalue weighted by molar-refractivity contribution is 6.08. The minimum Gasteiger partial charge on any atom is -0.462 e. The molecular formula is C14H15NO3. The molecule has 0 saturated heterocycles. The van der Waals surface area contributed by atoms with E-state index in [2.05, 4.69) is 0 Å². The van der Waals surface area contributed by atoms with Gasteiger partial charge in [-0.1, -0.05) is 18.2 Å². The Balaban J connectivity index is 2.77. The molecule has 0 radical (unpaired) electrons. The molecule has 0 aliphatic carbocycles. The molecule has 0 N–H and O–H groups in total. The second kappa shape index (κ2) is 4.64. The lowest BCUT2D eigenvalue weighted by Gasteiger charge is -2.03. The van der Waals surface area contributed by atoms with Gasteiger partial charge in [0.2, 0.25) is 5.91 Å². The second-order valence-electron chi connectivity index (χ2n) is 4.05. The first-order chi connectivity index (χ1) is 8.57. The van der Waals surface area contributed by atoms with Crippen molar-refractivity contribution < 1.29 is 14.3 Å². The zero-order valence-corrected chi connectivity index (χ0v) is 10.7. The largest absolute Gasteiger partial charge is 0.462 e. The molecule has 0 saturated carbocycles. The van der Waals surface area contributed by atoms with Crippen molar-refractivity contribution in [2.24, 2.45) is 0 Å². The summed E-state index contributed by atoms with van der Waals surface area (Å²) < 4.78 is 6.59. The summed E-state index contributed by atoms with van der Waals surface area (Å²) in [5.74, 6) is -0.495. The van der Waals surface area contributed by atoms with Crippen molar-refractivity contribution in [3.05, 3.63) is 35.5 Å². The molecule has 4 heteroatoms. The molecule has 2 aromatic rings. The molecule has 0 unspecified atom stereocenters. The van der Waals surface area contributed by atoms with Gasteiger partial charge in [-0.05, 0) is 19.9 Å². The van der Waals surface area contributed by atoms with Gasteiger partial charge in [-0.15, -0.1) is 0 Å². The van der Waals surface area contributed by atoms with Crippen molar-refractivity contribution in [2.75, 3.05) is 6.61 Å². The number of nitrogens with zero attached hydrogens (tertiary/aromatic N) is 1. The summed E-state index contributed by atoms with van der Waals surface area (Å²) in [6.07, 6.45) is 0. The number of carbonyl (C=O) groups is 2. The fraction of sp³-hybridized carbons (Fsp3) is 0.286. The van der Waals surface area contributed by atoms with Gasteiger partial charge < -0.3 is 4.74 Å². The lowest BCUT2D eigenvalue weighted by atomic mass is 10.1. The van der Waals surface area contributed by atoms with Crippen LogP contribution in [0.4, 0.5) is 0 Å². The second-order valence-corrected chi connectivity index (χ2v) is 4.05. The van der Waals surface area contributed by atoms with Crippen molar-refractivity contribution >= 4 is 22.8 Å². The van der Waals surface area contributed by atoms with E-state index in [-0.39, 0.29) is 11.9 Å². The van der Waals surface area contributed by atoms with Crippen molar-refractivity contribution in [1.29, 1.82) is 0 Å². The van der Waals surface area contributed by atoms with E-state index in [9.17, 15) is 9.59 Å². The third-order valence-corrected chi connectivity index (χ3v) is 2.91. The lowest BCUT2D eigenvalue weighted by Crippen LogP contribution is -2.10. The van der Waals surface area contributed by atoms with Crippen molar-refractivity contribution in [2.45, 2.75) is 20.8 Å². The number of hydrogen-bond donors (Lipinski definition) is 0. The molecule has 0 amide bonds. The van der Waals surface area contributed by atoms with Gasteiger partial charge >= 0.3 is 5.97 Å². The van der Waals surface area contributed by atoms with Gasteiger partial charge in [-0.3, -0.25) is 9.36 Å². The van der Waals surface area contributed by atoms with Gasteiger partial charge in [0, 0.05) is 18.0 Å². The van der Waals surface area contributed by atoms with Crippen molar-refractivity contribution in [3.8, 4) is 0 Å². The van der Waals surface area contributed by atoms with E-state index >= 15 is 0 Å². The van der Waals surface area contributed by atoms with Gasteiger partial charge in [-0.2, -0.15) is 0 Å². The maximum atomic E-state index is 12.0. The van der Waals surface area contributed by atoms with Crippen LogP contribution in [0.25, 0.3) is 10.9 Å². The fourth-order valence-corrected chi connectivity index (χ4v) is 2.23. The van der Waals surface area contributed by atoms with Crippen LogP contribution in [0.15, 0.2) is 24.3 Å². The smallest absolute Gasteiger partial charge is 0.340 e. The Morgan fingerprint density at radius 3 is 2.56 bits per heavy atom. The molecule has 0 bridgehead atoms. The molecule has 0 atom stereocenters. The third kappa shape index (κ3) is 1.79.